The molecule has 6 heteroatoms. The maximum absolute atomic E-state index is 12.6. The van der Waals surface area contributed by atoms with E-state index in [1.807, 2.05) is 0 Å². The third kappa shape index (κ3) is 5.74. The average molecular weight is 370 g/mol. The maximum atomic E-state index is 12.6. The molecule has 0 atom stereocenters. The topological polar surface area (TPSA) is 76.7 Å². The van der Waals surface area contributed by atoms with Crippen LogP contribution in [0.2, 0.25) is 0 Å². The fraction of sp³-hybridized carbons (Fsp3) is 0.333. The quantitative estimate of drug-likeness (QED) is 0.657. The summed E-state index contributed by atoms with van der Waals surface area (Å²) < 4.78 is 10.5. The molecule has 0 aliphatic rings. The normalized spacial score (nSPS) is 10.2. The highest BCUT2D eigenvalue weighted by Crippen LogP contribution is 2.29. The van der Waals surface area contributed by atoms with Gasteiger partial charge in [0.1, 0.15) is 11.5 Å². The molecule has 0 aliphatic heterocycles. The minimum absolute atomic E-state index is 0.181. The summed E-state index contributed by atoms with van der Waals surface area (Å²) in [5.41, 5.74) is 1.34. The van der Waals surface area contributed by atoms with Gasteiger partial charge in [0.25, 0.3) is 11.8 Å². The van der Waals surface area contributed by atoms with Gasteiger partial charge in [0, 0.05) is 23.7 Å². The monoisotopic (exact) mass is 370 g/mol. The van der Waals surface area contributed by atoms with E-state index in [1.54, 1.807) is 49.6 Å². The summed E-state index contributed by atoms with van der Waals surface area (Å²) in [5, 5.41) is 5.68. The van der Waals surface area contributed by atoms with E-state index in [2.05, 4.69) is 17.6 Å². The first-order chi connectivity index (χ1) is 13.1. The molecule has 0 spiro atoms. The molecule has 6 nitrogen and oxygen atoms in total. The molecular formula is C21H26N2O4. The number of carbonyl (C=O) groups is 2. The zero-order valence-corrected chi connectivity index (χ0v) is 16.0. The zero-order chi connectivity index (χ0) is 19.6. The minimum Gasteiger partial charge on any atom is -0.497 e. The molecule has 0 bridgehead atoms. The molecule has 0 heterocycles. The average Bonchev–Trinajstić information content (AvgIpc) is 2.71. The van der Waals surface area contributed by atoms with Gasteiger partial charge in [-0.25, -0.2) is 0 Å². The summed E-state index contributed by atoms with van der Waals surface area (Å²) in [4.78, 5) is 24.9. The van der Waals surface area contributed by atoms with Crippen molar-refractivity contribution in [3.63, 3.8) is 0 Å². The van der Waals surface area contributed by atoms with Crippen LogP contribution in [0.15, 0.2) is 42.5 Å². The van der Waals surface area contributed by atoms with Crippen molar-refractivity contribution >= 4 is 17.5 Å². The van der Waals surface area contributed by atoms with Crippen molar-refractivity contribution in [1.29, 1.82) is 0 Å². The van der Waals surface area contributed by atoms with Crippen molar-refractivity contribution in [2.24, 2.45) is 0 Å². The van der Waals surface area contributed by atoms with Gasteiger partial charge in [-0.15, -0.1) is 0 Å². The van der Waals surface area contributed by atoms with Gasteiger partial charge in [0.2, 0.25) is 0 Å². The second-order valence-electron chi connectivity index (χ2n) is 6.06. The Morgan fingerprint density at radius 1 is 0.926 bits per heavy atom. The minimum atomic E-state index is -0.331. The molecule has 27 heavy (non-hydrogen) atoms. The largest absolute Gasteiger partial charge is 0.497 e. The fourth-order valence-electron chi connectivity index (χ4n) is 2.59. The van der Waals surface area contributed by atoms with Gasteiger partial charge >= 0.3 is 0 Å². The van der Waals surface area contributed by atoms with Crippen molar-refractivity contribution in [1.82, 2.24) is 5.32 Å². The smallest absolute Gasteiger partial charge is 0.255 e. The van der Waals surface area contributed by atoms with Crippen molar-refractivity contribution in [2.75, 3.05) is 26.1 Å². The van der Waals surface area contributed by atoms with Gasteiger partial charge in [-0.05, 0) is 36.8 Å². The Hall–Kier alpha value is -3.02. The van der Waals surface area contributed by atoms with E-state index < -0.39 is 0 Å². The van der Waals surface area contributed by atoms with Crippen LogP contribution in [0.5, 0.6) is 11.5 Å². The molecule has 0 aromatic heterocycles. The van der Waals surface area contributed by atoms with Gasteiger partial charge in [-0.2, -0.15) is 0 Å². The van der Waals surface area contributed by atoms with E-state index in [9.17, 15) is 9.59 Å². The highest BCUT2D eigenvalue weighted by molar-refractivity contribution is 6.06. The van der Waals surface area contributed by atoms with Crippen LogP contribution in [0.1, 0.15) is 46.9 Å². The van der Waals surface area contributed by atoms with Crippen LogP contribution in [0.25, 0.3) is 0 Å². The molecule has 0 unspecified atom stereocenters. The highest BCUT2D eigenvalue weighted by Gasteiger charge is 2.13. The van der Waals surface area contributed by atoms with Crippen molar-refractivity contribution < 1.29 is 19.1 Å². The fourth-order valence-corrected chi connectivity index (χ4v) is 2.59. The maximum Gasteiger partial charge on any atom is 0.255 e. The highest BCUT2D eigenvalue weighted by atomic mass is 16.5. The standard InChI is InChI=1S/C21H26N2O4/c1-4-5-6-12-22-20(24)15-8-7-9-16(13-15)21(25)23-18-14-17(26-2)10-11-19(18)27-3/h7-11,13-14H,4-6,12H2,1-3H3,(H,22,24)(H,23,25). The zero-order valence-electron chi connectivity index (χ0n) is 16.0. The molecule has 144 valence electrons. The van der Waals surface area contributed by atoms with Crippen molar-refractivity contribution in [2.45, 2.75) is 26.2 Å². The third-order valence-corrected chi connectivity index (χ3v) is 4.11. The Kier molecular flexibility index (Phi) is 7.67. The number of rotatable bonds is 9. The number of nitrogens with one attached hydrogen (secondary N) is 2. The first-order valence-electron chi connectivity index (χ1n) is 9.00. The van der Waals surface area contributed by atoms with E-state index in [0.29, 0.717) is 34.9 Å². The molecule has 0 aliphatic carbocycles. The summed E-state index contributed by atoms with van der Waals surface area (Å²) in [6, 6.07) is 11.8. The van der Waals surface area contributed by atoms with Crippen LogP contribution < -0.4 is 20.1 Å². The number of hydrogen-bond acceptors (Lipinski definition) is 4. The van der Waals surface area contributed by atoms with Crippen molar-refractivity contribution in [3.05, 3.63) is 53.6 Å². The summed E-state index contributed by atoms with van der Waals surface area (Å²) in [7, 11) is 3.08. The molecule has 0 radical (unpaired) electrons. The molecule has 2 amide bonds. The molecule has 0 saturated heterocycles. The second-order valence-corrected chi connectivity index (χ2v) is 6.06. The summed E-state index contributed by atoms with van der Waals surface area (Å²) in [6.07, 6.45) is 3.11. The Bertz CT molecular complexity index is 790. The SMILES string of the molecule is CCCCCNC(=O)c1cccc(C(=O)Nc2cc(OC)ccc2OC)c1. The predicted molar refractivity (Wildman–Crippen MR) is 106 cm³/mol. The molecule has 2 N–H and O–H groups in total. The van der Waals surface area contributed by atoms with Crippen molar-refractivity contribution in [3.8, 4) is 11.5 Å². The number of ether oxygens (including phenoxy) is 2. The summed E-state index contributed by atoms with van der Waals surface area (Å²) in [6.45, 7) is 2.74. The van der Waals surface area contributed by atoms with E-state index in [4.69, 9.17) is 9.47 Å². The Balaban J connectivity index is 2.10. The number of hydrogen-bond donors (Lipinski definition) is 2. The number of amides is 2. The van der Waals surface area contributed by atoms with Crippen LogP contribution in [-0.4, -0.2) is 32.6 Å². The van der Waals surface area contributed by atoms with E-state index in [-0.39, 0.29) is 11.8 Å². The molecule has 0 saturated carbocycles. The van der Waals surface area contributed by atoms with E-state index in [0.717, 1.165) is 19.3 Å². The van der Waals surface area contributed by atoms with Crippen LogP contribution in [0, 0.1) is 0 Å². The van der Waals surface area contributed by atoms with Gasteiger partial charge in [-0.1, -0.05) is 25.8 Å². The molecule has 2 aromatic carbocycles. The Morgan fingerprint density at radius 2 is 1.67 bits per heavy atom. The lowest BCUT2D eigenvalue weighted by molar-refractivity contribution is 0.0953. The molecule has 2 rings (SSSR count). The number of methoxy groups -OCH3 is 2. The summed E-state index contributed by atoms with van der Waals surface area (Å²) in [5.74, 6) is 0.613. The van der Waals surface area contributed by atoms with Gasteiger partial charge in [0.15, 0.2) is 0 Å². The summed E-state index contributed by atoms with van der Waals surface area (Å²) >= 11 is 0. The second kappa shape index (κ2) is 10.2. The molecule has 0 fully saturated rings. The lowest BCUT2D eigenvalue weighted by Gasteiger charge is -2.12. The third-order valence-electron chi connectivity index (χ3n) is 4.11. The number of carbonyl (C=O) groups excluding carboxylic acids is 2. The van der Waals surface area contributed by atoms with Gasteiger partial charge in [-0.3, -0.25) is 9.59 Å². The Labute approximate surface area is 159 Å². The lowest BCUT2D eigenvalue weighted by atomic mass is 10.1. The van der Waals surface area contributed by atoms with Crippen LogP contribution in [0.3, 0.4) is 0 Å². The number of unbranched alkanes of at least 4 members (excludes halogenated alkanes) is 2. The van der Waals surface area contributed by atoms with Gasteiger partial charge < -0.3 is 20.1 Å². The molecule has 2 aromatic rings. The van der Waals surface area contributed by atoms with Gasteiger partial charge in [0.05, 0.1) is 19.9 Å². The number of benzene rings is 2. The molecular weight excluding hydrogens is 344 g/mol. The number of anilines is 1. The lowest BCUT2D eigenvalue weighted by Crippen LogP contribution is -2.24. The first kappa shape index (κ1) is 20.3. The predicted octanol–water partition coefficient (Wildman–Crippen LogP) is 3.88. The first-order valence-corrected chi connectivity index (χ1v) is 9.00. The van der Waals surface area contributed by atoms with Crippen LogP contribution in [-0.2, 0) is 0 Å². The van der Waals surface area contributed by atoms with E-state index >= 15 is 0 Å². The van der Waals surface area contributed by atoms with Crippen LogP contribution >= 0.6 is 0 Å². The van der Waals surface area contributed by atoms with Crippen LogP contribution in [0.4, 0.5) is 5.69 Å². The van der Waals surface area contributed by atoms with E-state index in [1.165, 1.54) is 7.11 Å². The Morgan fingerprint density at radius 3 is 2.33 bits per heavy atom.